The first-order valence-electron chi connectivity index (χ1n) is 5.40. The van der Waals surface area contributed by atoms with Crippen molar-refractivity contribution in [2.75, 3.05) is 20.2 Å². The summed E-state index contributed by atoms with van der Waals surface area (Å²) < 4.78 is 4.87. The van der Waals surface area contributed by atoms with Crippen molar-refractivity contribution in [3.05, 3.63) is 33.9 Å². The van der Waals surface area contributed by atoms with E-state index in [1.807, 2.05) is 0 Å². The van der Waals surface area contributed by atoms with Crippen LogP contribution in [-0.2, 0) is 0 Å². The summed E-state index contributed by atoms with van der Waals surface area (Å²) in [6.45, 7) is 0.970. The highest BCUT2D eigenvalue weighted by molar-refractivity contribution is 5.95. The Morgan fingerprint density at radius 2 is 2.22 bits per heavy atom. The third-order valence-electron chi connectivity index (χ3n) is 2.82. The Hall–Kier alpha value is -2.15. The first-order chi connectivity index (χ1) is 8.52. The monoisotopic (exact) mass is 251 g/mol. The maximum atomic E-state index is 12.0. The predicted octanol–water partition coefficient (Wildman–Crippen LogP) is 0.387. The molecule has 0 saturated carbocycles. The van der Waals surface area contributed by atoms with Gasteiger partial charge < -0.3 is 15.4 Å². The van der Waals surface area contributed by atoms with E-state index >= 15 is 0 Å². The Morgan fingerprint density at radius 3 is 2.72 bits per heavy atom. The molecule has 1 saturated heterocycles. The quantitative estimate of drug-likeness (QED) is 0.618. The molecule has 1 aliphatic heterocycles. The standard InChI is InChI=1S/C11H13N3O4/c1-18-10-3-2-7(4-9(10)14(16)17)11(15)13-5-8(12)6-13/h2-4,8H,5-6,12H2,1H3. The van der Waals surface area contributed by atoms with Gasteiger partial charge >= 0.3 is 5.69 Å². The number of hydrogen-bond donors (Lipinski definition) is 1. The molecule has 1 aliphatic rings. The summed E-state index contributed by atoms with van der Waals surface area (Å²) >= 11 is 0. The van der Waals surface area contributed by atoms with Crippen LogP contribution in [0.15, 0.2) is 18.2 Å². The molecule has 0 bridgehead atoms. The maximum Gasteiger partial charge on any atom is 0.311 e. The van der Waals surface area contributed by atoms with Crippen LogP contribution in [0.25, 0.3) is 0 Å². The predicted molar refractivity (Wildman–Crippen MR) is 63.5 cm³/mol. The highest BCUT2D eigenvalue weighted by Gasteiger charge is 2.29. The third kappa shape index (κ3) is 2.12. The molecule has 18 heavy (non-hydrogen) atoms. The van der Waals surface area contributed by atoms with Gasteiger partial charge in [-0.15, -0.1) is 0 Å². The van der Waals surface area contributed by atoms with E-state index in [0.29, 0.717) is 13.1 Å². The summed E-state index contributed by atoms with van der Waals surface area (Å²) in [5, 5.41) is 10.8. The molecule has 0 spiro atoms. The van der Waals surface area contributed by atoms with Crippen LogP contribution in [-0.4, -0.2) is 42.0 Å². The Balaban J connectivity index is 2.26. The minimum absolute atomic E-state index is 0.00202. The largest absolute Gasteiger partial charge is 0.490 e. The van der Waals surface area contributed by atoms with E-state index in [-0.39, 0.29) is 28.9 Å². The Labute approximate surface area is 103 Å². The molecule has 0 aromatic heterocycles. The van der Waals surface area contributed by atoms with Crippen molar-refractivity contribution in [1.29, 1.82) is 0 Å². The summed E-state index contributed by atoms with van der Waals surface area (Å²) in [5.74, 6) is -0.112. The van der Waals surface area contributed by atoms with Crippen molar-refractivity contribution in [3.8, 4) is 5.75 Å². The van der Waals surface area contributed by atoms with Crippen LogP contribution >= 0.6 is 0 Å². The SMILES string of the molecule is COc1ccc(C(=O)N2CC(N)C2)cc1[N+](=O)[O-]. The van der Waals surface area contributed by atoms with Gasteiger partial charge in [-0.2, -0.15) is 0 Å². The van der Waals surface area contributed by atoms with Gasteiger partial charge in [0.2, 0.25) is 0 Å². The summed E-state index contributed by atoms with van der Waals surface area (Å²) in [5.41, 5.74) is 5.64. The van der Waals surface area contributed by atoms with Crippen molar-refractivity contribution < 1.29 is 14.5 Å². The van der Waals surface area contributed by atoms with Crippen LogP contribution in [0.1, 0.15) is 10.4 Å². The zero-order valence-electron chi connectivity index (χ0n) is 9.83. The number of carbonyl (C=O) groups excluding carboxylic acids is 1. The van der Waals surface area contributed by atoms with E-state index in [1.165, 1.54) is 25.3 Å². The van der Waals surface area contributed by atoms with E-state index in [2.05, 4.69) is 0 Å². The van der Waals surface area contributed by atoms with Crippen molar-refractivity contribution in [1.82, 2.24) is 4.90 Å². The molecule has 1 heterocycles. The number of benzene rings is 1. The molecule has 0 aliphatic carbocycles. The van der Waals surface area contributed by atoms with Gasteiger partial charge in [0.1, 0.15) is 0 Å². The number of likely N-dealkylation sites (tertiary alicyclic amines) is 1. The molecule has 1 aromatic rings. The van der Waals surface area contributed by atoms with Gasteiger partial charge in [-0.1, -0.05) is 0 Å². The fourth-order valence-corrected chi connectivity index (χ4v) is 1.83. The van der Waals surface area contributed by atoms with Crippen LogP contribution in [0, 0.1) is 10.1 Å². The second kappa shape index (κ2) is 4.61. The van der Waals surface area contributed by atoms with E-state index in [4.69, 9.17) is 10.5 Å². The number of carbonyl (C=O) groups is 1. The summed E-state index contributed by atoms with van der Waals surface area (Å²) in [7, 11) is 1.35. The van der Waals surface area contributed by atoms with Gasteiger partial charge in [-0.05, 0) is 12.1 Å². The van der Waals surface area contributed by atoms with Crippen LogP contribution in [0.3, 0.4) is 0 Å². The second-order valence-corrected chi connectivity index (χ2v) is 4.11. The number of rotatable bonds is 3. The number of amides is 1. The molecule has 0 atom stereocenters. The summed E-state index contributed by atoms with van der Waals surface area (Å²) in [6, 6.07) is 4.16. The lowest BCUT2D eigenvalue weighted by atomic mass is 10.1. The van der Waals surface area contributed by atoms with Gasteiger partial charge in [-0.3, -0.25) is 14.9 Å². The number of nitrogens with two attached hydrogens (primary N) is 1. The summed E-state index contributed by atoms with van der Waals surface area (Å²) in [6.07, 6.45) is 0. The fourth-order valence-electron chi connectivity index (χ4n) is 1.83. The lowest BCUT2D eigenvalue weighted by molar-refractivity contribution is -0.385. The topological polar surface area (TPSA) is 98.7 Å². The van der Waals surface area contributed by atoms with Crippen molar-refractivity contribution in [2.45, 2.75) is 6.04 Å². The molecule has 1 aromatic carbocycles. The average molecular weight is 251 g/mol. The molecular formula is C11H13N3O4. The molecule has 7 heteroatoms. The van der Waals surface area contributed by atoms with Gasteiger partial charge in [0, 0.05) is 30.8 Å². The van der Waals surface area contributed by atoms with E-state index < -0.39 is 4.92 Å². The number of nitro groups is 1. The molecule has 0 unspecified atom stereocenters. The lowest BCUT2D eigenvalue weighted by Gasteiger charge is -2.36. The van der Waals surface area contributed by atoms with Crippen LogP contribution in [0.5, 0.6) is 5.75 Å². The summed E-state index contributed by atoms with van der Waals surface area (Å²) in [4.78, 5) is 23.8. The first kappa shape index (κ1) is 12.3. The van der Waals surface area contributed by atoms with Crippen molar-refractivity contribution in [3.63, 3.8) is 0 Å². The molecule has 2 N–H and O–H groups in total. The smallest absolute Gasteiger partial charge is 0.311 e. The van der Waals surface area contributed by atoms with E-state index in [9.17, 15) is 14.9 Å². The van der Waals surface area contributed by atoms with Crippen molar-refractivity contribution >= 4 is 11.6 Å². The molecule has 1 fully saturated rings. The van der Waals surface area contributed by atoms with Gasteiger partial charge in [0.05, 0.1) is 12.0 Å². The maximum absolute atomic E-state index is 12.0. The third-order valence-corrected chi connectivity index (χ3v) is 2.82. The van der Waals surface area contributed by atoms with Gasteiger partial charge in [0.25, 0.3) is 5.91 Å². The van der Waals surface area contributed by atoms with Crippen LogP contribution in [0.2, 0.25) is 0 Å². The number of methoxy groups -OCH3 is 1. The zero-order valence-corrected chi connectivity index (χ0v) is 9.83. The lowest BCUT2D eigenvalue weighted by Crippen LogP contribution is -2.57. The molecule has 1 amide bonds. The fraction of sp³-hybridized carbons (Fsp3) is 0.364. The minimum atomic E-state index is -0.572. The molecule has 0 radical (unpaired) electrons. The van der Waals surface area contributed by atoms with Gasteiger partial charge in [0.15, 0.2) is 5.75 Å². The van der Waals surface area contributed by atoms with Gasteiger partial charge in [-0.25, -0.2) is 0 Å². The van der Waals surface area contributed by atoms with E-state index in [0.717, 1.165) is 0 Å². The Bertz CT molecular complexity index is 497. The second-order valence-electron chi connectivity index (χ2n) is 4.11. The minimum Gasteiger partial charge on any atom is -0.490 e. The first-order valence-corrected chi connectivity index (χ1v) is 5.40. The highest BCUT2D eigenvalue weighted by atomic mass is 16.6. The van der Waals surface area contributed by atoms with Crippen LogP contribution < -0.4 is 10.5 Å². The van der Waals surface area contributed by atoms with Crippen molar-refractivity contribution in [2.24, 2.45) is 5.73 Å². The Morgan fingerprint density at radius 1 is 1.56 bits per heavy atom. The number of nitrogens with zero attached hydrogens (tertiary/aromatic N) is 2. The molecule has 7 nitrogen and oxygen atoms in total. The van der Waals surface area contributed by atoms with Crippen LogP contribution in [0.4, 0.5) is 5.69 Å². The molecular weight excluding hydrogens is 238 g/mol. The zero-order chi connectivity index (χ0) is 13.3. The number of nitro benzene ring substituents is 1. The number of hydrogen-bond acceptors (Lipinski definition) is 5. The highest BCUT2D eigenvalue weighted by Crippen LogP contribution is 2.28. The number of ether oxygens (including phenoxy) is 1. The molecule has 96 valence electrons. The Kier molecular flexibility index (Phi) is 3.15. The molecule has 2 rings (SSSR count). The van der Waals surface area contributed by atoms with E-state index in [1.54, 1.807) is 4.90 Å². The average Bonchev–Trinajstić information content (AvgIpc) is 2.33. The normalized spacial score (nSPS) is 15.1.